The summed E-state index contributed by atoms with van der Waals surface area (Å²) in [6.45, 7) is -1.24. The molecule has 2 aromatic rings. The van der Waals surface area contributed by atoms with Gasteiger partial charge in [-0.15, -0.1) is 0 Å². The molecule has 0 spiro atoms. The molecule has 1 N–H and O–H groups in total. The van der Waals surface area contributed by atoms with Crippen molar-refractivity contribution in [3.8, 4) is 11.3 Å². The molecule has 8 nitrogen and oxygen atoms in total. The number of allylic oxidation sites excluding steroid dienone is 4. The minimum Gasteiger partial charge on any atom is -0.351 e. The maximum atomic E-state index is 14.5. The first kappa shape index (κ1) is 28.7. The molecule has 2 atom stereocenters. The van der Waals surface area contributed by atoms with E-state index >= 15 is 0 Å². The second-order valence-corrected chi connectivity index (χ2v) is 10.9. The zero-order chi connectivity index (χ0) is 28.4. The number of nitrogens with one attached hydrogen (secondary N) is 1. The van der Waals surface area contributed by atoms with Crippen molar-refractivity contribution in [2.24, 2.45) is 5.92 Å². The molecular formula is C24H23F6N5O3S. The minimum absolute atomic E-state index is 0.0410. The summed E-state index contributed by atoms with van der Waals surface area (Å²) in [4.78, 5) is 23.4. The zero-order valence-corrected chi connectivity index (χ0v) is 21.1. The summed E-state index contributed by atoms with van der Waals surface area (Å²) in [5, 5.41) is 2.48. The maximum absolute atomic E-state index is 14.5. The van der Waals surface area contributed by atoms with Crippen LogP contribution in [-0.4, -0.2) is 52.8 Å². The van der Waals surface area contributed by atoms with Crippen LogP contribution in [0.2, 0.25) is 0 Å². The molecule has 2 aliphatic rings. The molecule has 1 amide bonds. The summed E-state index contributed by atoms with van der Waals surface area (Å²) < 4.78 is 107. The Morgan fingerprint density at radius 1 is 1.08 bits per heavy atom. The summed E-state index contributed by atoms with van der Waals surface area (Å²) >= 11 is 0. The van der Waals surface area contributed by atoms with Gasteiger partial charge in [-0.25, -0.2) is 27.2 Å². The fourth-order valence-electron chi connectivity index (χ4n) is 4.51. The first-order valence-electron chi connectivity index (χ1n) is 11.9. The number of carbonyl (C=O) groups excluding carboxylic acids is 1. The van der Waals surface area contributed by atoms with Gasteiger partial charge in [0.15, 0.2) is 0 Å². The van der Waals surface area contributed by atoms with Crippen LogP contribution in [0.15, 0.2) is 47.5 Å². The predicted molar refractivity (Wildman–Crippen MR) is 127 cm³/mol. The number of alkyl halides is 4. The predicted octanol–water partition coefficient (Wildman–Crippen LogP) is 4.22. The standard InChI is InChI=1S/C24H23F6N5O3S/c25-7-5-14-6-8-35(39(37,38)18-3-1-17(26)2-4-18)21(14)22(36)32-10-15-9-20(31-13-19(15)27)16-11-33-23(34-12-16)24(28,29)30/h1,3,9,11-14,21H,2,4-8,10H2,(H,32,36). The van der Waals surface area contributed by atoms with Crippen molar-refractivity contribution in [3.63, 3.8) is 0 Å². The Kier molecular flexibility index (Phi) is 8.39. The van der Waals surface area contributed by atoms with E-state index < -0.39 is 64.8 Å². The Labute approximate surface area is 219 Å². The highest BCUT2D eigenvalue weighted by Crippen LogP contribution is 2.35. The van der Waals surface area contributed by atoms with E-state index in [1.165, 1.54) is 6.07 Å². The van der Waals surface area contributed by atoms with Crippen molar-refractivity contribution in [2.45, 2.75) is 44.4 Å². The van der Waals surface area contributed by atoms with E-state index in [0.717, 1.165) is 35.0 Å². The van der Waals surface area contributed by atoms with E-state index in [0.29, 0.717) is 0 Å². The van der Waals surface area contributed by atoms with Crippen molar-refractivity contribution < 1.29 is 39.6 Å². The molecule has 2 aromatic heterocycles. The lowest BCUT2D eigenvalue weighted by molar-refractivity contribution is -0.145. The van der Waals surface area contributed by atoms with Crippen LogP contribution in [0.4, 0.5) is 26.3 Å². The highest BCUT2D eigenvalue weighted by molar-refractivity contribution is 7.93. The van der Waals surface area contributed by atoms with Gasteiger partial charge in [0.25, 0.3) is 0 Å². The number of aromatic nitrogens is 3. The molecule has 2 unspecified atom stereocenters. The van der Waals surface area contributed by atoms with E-state index in [-0.39, 0.29) is 54.0 Å². The Balaban J connectivity index is 1.53. The third-order valence-corrected chi connectivity index (χ3v) is 8.54. The lowest BCUT2D eigenvalue weighted by atomic mass is 9.97. The fraction of sp³-hybridized carbons (Fsp3) is 0.417. The summed E-state index contributed by atoms with van der Waals surface area (Å²) in [6, 6.07) is -0.0765. The SMILES string of the molecule is O=C(NCc1cc(-c2cnc(C(F)(F)F)nc2)ncc1F)C1C(CCF)CCN1S(=O)(=O)C1=CC=C(F)CC1. The molecule has 0 saturated carbocycles. The molecule has 1 aliphatic carbocycles. The van der Waals surface area contributed by atoms with Gasteiger partial charge in [-0.2, -0.15) is 17.5 Å². The van der Waals surface area contributed by atoms with E-state index in [1.807, 2.05) is 0 Å². The Morgan fingerprint density at radius 3 is 2.41 bits per heavy atom. The van der Waals surface area contributed by atoms with Gasteiger partial charge in [-0.1, -0.05) is 0 Å². The topological polar surface area (TPSA) is 105 Å². The fourth-order valence-corrected chi connectivity index (χ4v) is 6.32. The number of rotatable bonds is 8. The van der Waals surface area contributed by atoms with E-state index in [1.54, 1.807) is 0 Å². The average Bonchev–Trinajstić information content (AvgIpc) is 3.33. The molecule has 0 radical (unpaired) electrons. The number of hydrogen-bond acceptors (Lipinski definition) is 6. The summed E-state index contributed by atoms with van der Waals surface area (Å²) in [7, 11) is -4.16. The Hall–Kier alpha value is -3.33. The van der Waals surface area contributed by atoms with Gasteiger partial charge in [0, 0.05) is 43.0 Å². The van der Waals surface area contributed by atoms with Crippen molar-refractivity contribution in [1.82, 2.24) is 24.6 Å². The van der Waals surface area contributed by atoms with Crippen molar-refractivity contribution >= 4 is 15.9 Å². The largest absolute Gasteiger partial charge is 0.451 e. The molecule has 1 saturated heterocycles. The normalized spacial score (nSPS) is 20.5. The molecule has 0 aromatic carbocycles. The first-order valence-corrected chi connectivity index (χ1v) is 13.3. The molecule has 4 rings (SSSR count). The molecule has 0 bridgehead atoms. The second kappa shape index (κ2) is 11.4. The highest BCUT2D eigenvalue weighted by Gasteiger charge is 2.46. The van der Waals surface area contributed by atoms with Gasteiger partial charge in [0.2, 0.25) is 21.8 Å². The number of carbonyl (C=O) groups is 1. The van der Waals surface area contributed by atoms with Crippen LogP contribution in [0.5, 0.6) is 0 Å². The number of halogens is 6. The third kappa shape index (κ3) is 6.30. The smallest absolute Gasteiger partial charge is 0.351 e. The monoisotopic (exact) mass is 575 g/mol. The average molecular weight is 576 g/mol. The zero-order valence-electron chi connectivity index (χ0n) is 20.3. The first-order chi connectivity index (χ1) is 18.4. The lowest BCUT2D eigenvalue weighted by Crippen LogP contribution is -2.48. The minimum atomic E-state index is -4.74. The molecule has 1 aliphatic heterocycles. The molecule has 3 heterocycles. The van der Waals surface area contributed by atoms with Gasteiger partial charge in [-0.05, 0) is 43.4 Å². The summed E-state index contributed by atoms with van der Waals surface area (Å²) in [6.07, 6.45) is -0.0127. The number of amides is 1. The molecule has 39 heavy (non-hydrogen) atoms. The maximum Gasteiger partial charge on any atom is 0.451 e. The van der Waals surface area contributed by atoms with Crippen LogP contribution in [0.3, 0.4) is 0 Å². The van der Waals surface area contributed by atoms with Crippen LogP contribution < -0.4 is 5.32 Å². The highest BCUT2D eigenvalue weighted by atomic mass is 32.2. The Bertz CT molecular complexity index is 1400. The molecule has 15 heteroatoms. The van der Waals surface area contributed by atoms with E-state index in [2.05, 4.69) is 20.3 Å². The van der Waals surface area contributed by atoms with Crippen LogP contribution in [0.1, 0.15) is 37.1 Å². The van der Waals surface area contributed by atoms with Crippen LogP contribution in [0, 0.1) is 11.7 Å². The van der Waals surface area contributed by atoms with Crippen molar-refractivity contribution in [3.05, 3.63) is 64.7 Å². The van der Waals surface area contributed by atoms with Gasteiger partial charge in [0.05, 0.1) is 23.5 Å². The second-order valence-electron chi connectivity index (χ2n) is 9.01. The molecular weight excluding hydrogens is 552 g/mol. The van der Waals surface area contributed by atoms with Gasteiger partial charge < -0.3 is 5.32 Å². The number of sulfonamides is 1. The summed E-state index contributed by atoms with van der Waals surface area (Å²) in [5.41, 5.74) is 0.0236. The molecule has 210 valence electrons. The van der Waals surface area contributed by atoms with E-state index in [4.69, 9.17) is 0 Å². The van der Waals surface area contributed by atoms with E-state index in [9.17, 15) is 39.6 Å². The van der Waals surface area contributed by atoms with Crippen LogP contribution >= 0.6 is 0 Å². The van der Waals surface area contributed by atoms with Gasteiger partial charge in [-0.3, -0.25) is 14.2 Å². The number of hydrogen-bond donors (Lipinski definition) is 1. The number of nitrogens with zero attached hydrogens (tertiary/aromatic N) is 4. The Morgan fingerprint density at radius 2 is 1.79 bits per heavy atom. The van der Waals surface area contributed by atoms with Crippen molar-refractivity contribution in [1.29, 1.82) is 0 Å². The van der Waals surface area contributed by atoms with Gasteiger partial charge in [0.1, 0.15) is 17.7 Å². The quantitative estimate of drug-likeness (QED) is 0.473. The van der Waals surface area contributed by atoms with Gasteiger partial charge >= 0.3 is 6.18 Å². The molecule has 1 fully saturated rings. The lowest BCUT2D eigenvalue weighted by Gasteiger charge is -2.28. The van der Waals surface area contributed by atoms with Crippen LogP contribution in [0.25, 0.3) is 11.3 Å². The van der Waals surface area contributed by atoms with Crippen molar-refractivity contribution in [2.75, 3.05) is 13.2 Å². The third-order valence-electron chi connectivity index (χ3n) is 6.51. The number of pyridine rings is 1. The van der Waals surface area contributed by atoms with Crippen LogP contribution in [-0.2, 0) is 27.5 Å². The summed E-state index contributed by atoms with van der Waals surface area (Å²) in [5.74, 6) is -4.07.